The highest BCUT2D eigenvalue weighted by atomic mass is 16.5. The number of carbonyl (C=O) groups excluding carboxylic acids is 1. The largest absolute Gasteiger partial charge is 0.497 e. The molecule has 2 N–H and O–H groups in total. The molecule has 0 spiro atoms. The van der Waals surface area contributed by atoms with Crippen LogP contribution in [0.1, 0.15) is 18.5 Å². The summed E-state index contributed by atoms with van der Waals surface area (Å²) in [4.78, 5) is 15.9. The number of nitrogens with zero attached hydrogens (tertiary/aromatic N) is 1. The first-order valence-electron chi connectivity index (χ1n) is 6.30. The molecule has 0 saturated heterocycles. The Labute approximate surface area is 118 Å². The fourth-order valence-corrected chi connectivity index (χ4v) is 1.78. The molecule has 5 heteroatoms. The van der Waals surface area contributed by atoms with Crippen molar-refractivity contribution in [2.45, 2.75) is 13.0 Å². The number of methoxy groups -OCH3 is 1. The van der Waals surface area contributed by atoms with Crippen LogP contribution < -0.4 is 15.4 Å². The lowest BCUT2D eigenvalue weighted by Crippen LogP contribution is -2.31. The summed E-state index contributed by atoms with van der Waals surface area (Å²) < 4.78 is 5.11. The highest BCUT2D eigenvalue weighted by Crippen LogP contribution is 2.17. The van der Waals surface area contributed by atoms with Crippen LogP contribution in [0.2, 0.25) is 0 Å². The van der Waals surface area contributed by atoms with E-state index in [1.54, 1.807) is 31.6 Å². The second kappa shape index (κ2) is 6.56. The third-order valence-corrected chi connectivity index (χ3v) is 2.86. The van der Waals surface area contributed by atoms with Gasteiger partial charge in [-0.2, -0.15) is 0 Å². The average molecular weight is 271 g/mol. The van der Waals surface area contributed by atoms with Crippen LogP contribution in [0.25, 0.3) is 0 Å². The van der Waals surface area contributed by atoms with Crippen molar-refractivity contribution in [2.75, 3.05) is 12.4 Å². The van der Waals surface area contributed by atoms with Crippen LogP contribution in [0.3, 0.4) is 0 Å². The molecular formula is C15H17N3O2. The molecule has 0 radical (unpaired) electrons. The number of aromatic nitrogens is 1. The average Bonchev–Trinajstić information content (AvgIpc) is 2.48. The molecule has 1 unspecified atom stereocenters. The molecule has 1 heterocycles. The van der Waals surface area contributed by atoms with Gasteiger partial charge in [-0.05, 0) is 30.7 Å². The molecule has 20 heavy (non-hydrogen) atoms. The SMILES string of the molecule is COc1cccc(NC(=O)NC(C)c2cccnc2)c1. The van der Waals surface area contributed by atoms with E-state index in [4.69, 9.17) is 4.74 Å². The Bertz CT molecular complexity index is 572. The molecule has 104 valence electrons. The molecule has 2 rings (SSSR count). The van der Waals surface area contributed by atoms with Gasteiger partial charge >= 0.3 is 6.03 Å². The first kappa shape index (κ1) is 13.9. The minimum atomic E-state index is -0.269. The smallest absolute Gasteiger partial charge is 0.319 e. The molecule has 0 bridgehead atoms. The Morgan fingerprint density at radius 2 is 2.15 bits per heavy atom. The number of amides is 2. The number of urea groups is 1. The van der Waals surface area contributed by atoms with Gasteiger partial charge in [0.05, 0.1) is 13.2 Å². The summed E-state index contributed by atoms with van der Waals surface area (Å²) in [5.41, 5.74) is 1.63. The number of hydrogen-bond donors (Lipinski definition) is 2. The number of rotatable bonds is 4. The standard InChI is InChI=1S/C15H17N3O2/c1-11(12-5-4-8-16-10-12)17-15(19)18-13-6-3-7-14(9-13)20-2/h3-11H,1-2H3,(H2,17,18,19). The Morgan fingerprint density at radius 3 is 2.85 bits per heavy atom. The molecule has 2 aromatic rings. The predicted molar refractivity (Wildman–Crippen MR) is 77.8 cm³/mol. The Hall–Kier alpha value is -2.56. The predicted octanol–water partition coefficient (Wildman–Crippen LogP) is 2.97. The quantitative estimate of drug-likeness (QED) is 0.898. The maximum Gasteiger partial charge on any atom is 0.319 e. The van der Waals surface area contributed by atoms with Crippen molar-refractivity contribution in [1.82, 2.24) is 10.3 Å². The van der Waals surface area contributed by atoms with Gasteiger partial charge in [0.1, 0.15) is 5.75 Å². The number of carbonyl (C=O) groups is 1. The maximum absolute atomic E-state index is 11.9. The molecule has 0 fully saturated rings. The molecule has 2 amide bonds. The first-order chi connectivity index (χ1) is 9.69. The Kier molecular flexibility index (Phi) is 4.55. The van der Waals surface area contributed by atoms with E-state index >= 15 is 0 Å². The van der Waals surface area contributed by atoms with E-state index in [0.29, 0.717) is 11.4 Å². The van der Waals surface area contributed by atoms with Gasteiger partial charge < -0.3 is 15.4 Å². The Balaban J connectivity index is 1.95. The van der Waals surface area contributed by atoms with Gasteiger partial charge in [-0.1, -0.05) is 12.1 Å². The number of nitrogens with one attached hydrogen (secondary N) is 2. The molecule has 1 aromatic carbocycles. The van der Waals surface area contributed by atoms with Crippen molar-refractivity contribution in [3.63, 3.8) is 0 Å². The minimum absolute atomic E-state index is 0.116. The first-order valence-corrected chi connectivity index (χ1v) is 6.30. The topological polar surface area (TPSA) is 63.2 Å². The highest BCUT2D eigenvalue weighted by molar-refractivity contribution is 5.89. The summed E-state index contributed by atoms with van der Waals surface area (Å²) in [5, 5.41) is 5.62. The third-order valence-electron chi connectivity index (χ3n) is 2.86. The van der Waals surface area contributed by atoms with Crippen molar-refractivity contribution in [3.8, 4) is 5.75 Å². The van der Waals surface area contributed by atoms with Crippen molar-refractivity contribution in [3.05, 3.63) is 54.4 Å². The van der Waals surface area contributed by atoms with Gasteiger partial charge in [0.25, 0.3) is 0 Å². The van der Waals surface area contributed by atoms with E-state index in [9.17, 15) is 4.79 Å². The molecule has 1 atom stereocenters. The monoisotopic (exact) mass is 271 g/mol. The molecule has 0 aliphatic rings. The maximum atomic E-state index is 11.9. The lowest BCUT2D eigenvalue weighted by molar-refractivity contribution is 0.249. The zero-order valence-electron chi connectivity index (χ0n) is 11.5. The molecule has 5 nitrogen and oxygen atoms in total. The zero-order valence-corrected chi connectivity index (χ0v) is 11.5. The third kappa shape index (κ3) is 3.71. The molecular weight excluding hydrogens is 254 g/mol. The van der Waals surface area contributed by atoms with E-state index in [0.717, 1.165) is 5.56 Å². The number of benzene rings is 1. The van der Waals surface area contributed by atoms with Crippen LogP contribution in [0, 0.1) is 0 Å². The van der Waals surface area contributed by atoms with Crippen LogP contribution in [0.5, 0.6) is 5.75 Å². The van der Waals surface area contributed by atoms with E-state index in [1.165, 1.54) is 0 Å². The summed E-state index contributed by atoms with van der Waals surface area (Å²) in [6.45, 7) is 1.90. The van der Waals surface area contributed by atoms with E-state index in [2.05, 4.69) is 15.6 Å². The fourth-order valence-electron chi connectivity index (χ4n) is 1.78. The van der Waals surface area contributed by atoms with E-state index in [1.807, 2.05) is 31.2 Å². The van der Waals surface area contributed by atoms with Gasteiger partial charge in [-0.3, -0.25) is 4.98 Å². The number of anilines is 1. The summed E-state index contributed by atoms with van der Waals surface area (Å²) in [5.74, 6) is 0.697. The molecule has 0 aliphatic carbocycles. The number of hydrogen-bond acceptors (Lipinski definition) is 3. The van der Waals surface area contributed by atoms with Crippen LogP contribution >= 0.6 is 0 Å². The van der Waals surface area contributed by atoms with Crippen LogP contribution in [0.15, 0.2) is 48.8 Å². The number of ether oxygens (including phenoxy) is 1. The van der Waals surface area contributed by atoms with Crippen molar-refractivity contribution < 1.29 is 9.53 Å². The lowest BCUT2D eigenvalue weighted by atomic mass is 10.1. The fraction of sp³-hybridized carbons (Fsp3) is 0.200. The van der Waals surface area contributed by atoms with E-state index < -0.39 is 0 Å². The number of pyridine rings is 1. The van der Waals surface area contributed by atoms with Crippen LogP contribution in [-0.4, -0.2) is 18.1 Å². The summed E-state index contributed by atoms with van der Waals surface area (Å²) in [7, 11) is 1.59. The van der Waals surface area contributed by atoms with Gasteiger partial charge in [0.2, 0.25) is 0 Å². The summed E-state index contributed by atoms with van der Waals surface area (Å²) in [6.07, 6.45) is 3.43. The summed E-state index contributed by atoms with van der Waals surface area (Å²) in [6, 6.07) is 10.6. The van der Waals surface area contributed by atoms with Crippen molar-refractivity contribution in [2.24, 2.45) is 0 Å². The Morgan fingerprint density at radius 1 is 1.30 bits per heavy atom. The van der Waals surface area contributed by atoms with Crippen molar-refractivity contribution >= 4 is 11.7 Å². The van der Waals surface area contributed by atoms with Gasteiger partial charge in [0, 0.05) is 24.1 Å². The van der Waals surface area contributed by atoms with Gasteiger partial charge in [0.15, 0.2) is 0 Å². The van der Waals surface area contributed by atoms with Gasteiger partial charge in [-0.15, -0.1) is 0 Å². The normalized spacial score (nSPS) is 11.5. The zero-order chi connectivity index (χ0) is 14.4. The van der Waals surface area contributed by atoms with Crippen molar-refractivity contribution in [1.29, 1.82) is 0 Å². The van der Waals surface area contributed by atoms with E-state index in [-0.39, 0.29) is 12.1 Å². The molecule has 0 aliphatic heterocycles. The second-order valence-corrected chi connectivity index (χ2v) is 4.34. The van der Waals surface area contributed by atoms with Gasteiger partial charge in [-0.25, -0.2) is 4.79 Å². The summed E-state index contributed by atoms with van der Waals surface area (Å²) >= 11 is 0. The minimum Gasteiger partial charge on any atom is -0.497 e. The van der Waals surface area contributed by atoms with Crippen LogP contribution in [-0.2, 0) is 0 Å². The lowest BCUT2D eigenvalue weighted by Gasteiger charge is -2.14. The second-order valence-electron chi connectivity index (χ2n) is 4.34. The molecule has 1 aromatic heterocycles. The molecule has 0 saturated carbocycles. The van der Waals surface area contributed by atoms with Crippen LogP contribution in [0.4, 0.5) is 10.5 Å². The highest BCUT2D eigenvalue weighted by Gasteiger charge is 2.09.